The maximum atomic E-state index is 11.7. The number of carbonyl (C=O) groups excluding carboxylic acids is 1. The summed E-state index contributed by atoms with van der Waals surface area (Å²) in [6, 6.07) is 7.71. The van der Waals surface area contributed by atoms with Crippen molar-refractivity contribution >= 4 is 5.97 Å². The van der Waals surface area contributed by atoms with E-state index in [1.54, 1.807) is 0 Å². The summed E-state index contributed by atoms with van der Waals surface area (Å²) in [5, 5.41) is 0. The molecule has 94 valence electrons. The zero-order valence-electron chi connectivity index (χ0n) is 10.6. The van der Waals surface area contributed by atoms with E-state index in [9.17, 15) is 4.79 Å². The van der Waals surface area contributed by atoms with Gasteiger partial charge < -0.3 is 10.5 Å². The van der Waals surface area contributed by atoms with Crippen LogP contribution in [-0.2, 0) is 22.5 Å². The standard InChI is InChI=1S/C14H21NO2/c1-3-6-11(2)17-14(16)9-12-7-4-5-8-13(12)10-15/h4-5,7-8,11H,3,6,9-10,15H2,1-2H3. The lowest BCUT2D eigenvalue weighted by Crippen LogP contribution is -2.17. The smallest absolute Gasteiger partial charge is 0.310 e. The normalized spacial score (nSPS) is 12.2. The molecule has 0 aliphatic rings. The fraction of sp³-hybridized carbons (Fsp3) is 0.500. The molecule has 0 amide bonds. The van der Waals surface area contributed by atoms with Gasteiger partial charge in [0.05, 0.1) is 12.5 Å². The van der Waals surface area contributed by atoms with Crippen LogP contribution < -0.4 is 5.73 Å². The van der Waals surface area contributed by atoms with Crippen LogP contribution in [-0.4, -0.2) is 12.1 Å². The number of hydrogen-bond acceptors (Lipinski definition) is 3. The van der Waals surface area contributed by atoms with Crippen molar-refractivity contribution in [2.24, 2.45) is 5.73 Å². The van der Waals surface area contributed by atoms with E-state index in [-0.39, 0.29) is 12.1 Å². The van der Waals surface area contributed by atoms with Gasteiger partial charge in [0.1, 0.15) is 0 Å². The molecular weight excluding hydrogens is 214 g/mol. The van der Waals surface area contributed by atoms with Gasteiger partial charge in [0.25, 0.3) is 0 Å². The molecule has 0 aliphatic carbocycles. The van der Waals surface area contributed by atoms with Gasteiger partial charge in [0.2, 0.25) is 0 Å². The lowest BCUT2D eigenvalue weighted by molar-refractivity contribution is -0.147. The Morgan fingerprint density at radius 3 is 2.59 bits per heavy atom. The summed E-state index contributed by atoms with van der Waals surface area (Å²) < 4.78 is 5.31. The van der Waals surface area contributed by atoms with Gasteiger partial charge in [-0.25, -0.2) is 0 Å². The SMILES string of the molecule is CCCC(C)OC(=O)Cc1ccccc1CN. The first kappa shape index (κ1) is 13.7. The van der Waals surface area contributed by atoms with Gasteiger partial charge >= 0.3 is 5.97 Å². The average Bonchev–Trinajstić information content (AvgIpc) is 2.29. The Labute approximate surface area is 103 Å². The number of benzene rings is 1. The van der Waals surface area contributed by atoms with E-state index in [0.29, 0.717) is 13.0 Å². The van der Waals surface area contributed by atoms with Gasteiger partial charge in [-0.1, -0.05) is 37.6 Å². The van der Waals surface area contributed by atoms with Crippen molar-refractivity contribution in [3.05, 3.63) is 35.4 Å². The average molecular weight is 235 g/mol. The summed E-state index contributed by atoms with van der Waals surface area (Å²) in [6.07, 6.45) is 2.23. The van der Waals surface area contributed by atoms with Crippen LogP contribution in [0.3, 0.4) is 0 Å². The zero-order chi connectivity index (χ0) is 12.7. The van der Waals surface area contributed by atoms with Crippen molar-refractivity contribution in [1.82, 2.24) is 0 Å². The molecule has 0 aromatic heterocycles. The summed E-state index contributed by atoms with van der Waals surface area (Å²) >= 11 is 0. The fourth-order valence-corrected chi connectivity index (χ4v) is 1.82. The molecule has 3 nitrogen and oxygen atoms in total. The van der Waals surface area contributed by atoms with E-state index < -0.39 is 0 Å². The molecule has 0 aliphatic heterocycles. The predicted octanol–water partition coefficient (Wildman–Crippen LogP) is 2.42. The lowest BCUT2D eigenvalue weighted by atomic mass is 10.0. The molecule has 1 atom stereocenters. The van der Waals surface area contributed by atoms with E-state index in [1.165, 1.54) is 0 Å². The Morgan fingerprint density at radius 1 is 1.35 bits per heavy atom. The summed E-state index contributed by atoms with van der Waals surface area (Å²) in [5.41, 5.74) is 7.59. The lowest BCUT2D eigenvalue weighted by Gasteiger charge is -2.13. The summed E-state index contributed by atoms with van der Waals surface area (Å²) in [6.45, 7) is 4.46. The molecule has 1 rings (SSSR count). The second-order valence-electron chi connectivity index (χ2n) is 4.24. The molecule has 0 fully saturated rings. The van der Waals surface area contributed by atoms with Gasteiger partial charge in [-0.3, -0.25) is 4.79 Å². The molecule has 0 spiro atoms. The number of hydrogen-bond donors (Lipinski definition) is 1. The van der Waals surface area contributed by atoms with E-state index in [0.717, 1.165) is 24.0 Å². The van der Waals surface area contributed by atoms with Crippen molar-refractivity contribution in [2.75, 3.05) is 0 Å². The second-order valence-corrected chi connectivity index (χ2v) is 4.24. The Morgan fingerprint density at radius 2 is 2.00 bits per heavy atom. The Balaban J connectivity index is 2.55. The van der Waals surface area contributed by atoms with Gasteiger partial charge in [-0.15, -0.1) is 0 Å². The first-order chi connectivity index (χ1) is 8.17. The summed E-state index contributed by atoms with van der Waals surface area (Å²) in [5.74, 6) is -0.174. The van der Waals surface area contributed by atoms with Crippen molar-refractivity contribution in [3.63, 3.8) is 0 Å². The second kappa shape index (κ2) is 7.07. The molecule has 17 heavy (non-hydrogen) atoms. The van der Waals surface area contributed by atoms with Crippen LogP contribution in [0.4, 0.5) is 0 Å². The van der Waals surface area contributed by atoms with Crippen LogP contribution in [0.25, 0.3) is 0 Å². The van der Waals surface area contributed by atoms with Crippen molar-refractivity contribution in [3.8, 4) is 0 Å². The van der Waals surface area contributed by atoms with Crippen molar-refractivity contribution in [1.29, 1.82) is 0 Å². The topological polar surface area (TPSA) is 52.3 Å². The molecule has 1 unspecified atom stereocenters. The highest BCUT2D eigenvalue weighted by molar-refractivity contribution is 5.73. The highest BCUT2D eigenvalue weighted by atomic mass is 16.5. The Hall–Kier alpha value is -1.35. The highest BCUT2D eigenvalue weighted by Gasteiger charge is 2.11. The summed E-state index contributed by atoms with van der Waals surface area (Å²) in [7, 11) is 0. The molecule has 3 heteroatoms. The molecule has 2 N–H and O–H groups in total. The van der Waals surface area contributed by atoms with Crippen LogP contribution >= 0.6 is 0 Å². The Bertz CT molecular complexity index is 363. The third-order valence-electron chi connectivity index (χ3n) is 2.70. The van der Waals surface area contributed by atoms with Gasteiger partial charge in [0.15, 0.2) is 0 Å². The van der Waals surface area contributed by atoms with Crippen LogP contribution in [0.15, 0.2) is 24.3 Å². The van der Waals surface area contributed by atoms with E-state index in [4.69, 9.17) is 10.5 Å². The molecule has 0 saturated heterocycles. The molecule has 1 aromatic rings. The molecule has 0 bridgehead atoms. The maximum absolute atomic E-state index is 11.7. The molecular formula is C14H21NO2. The minimum atomic E-state index is -0.174. The number of carbonyl (C=O) groups is 1. The van der Waals surface area contributed by atoms with Crippen molar-refractivity contribution in [2.45, 2.75) is 45.8 Å². The van der Waals surface area contributed by atoms with Gasteiger partial charge in [-0.05, 0) is 24.5 Å². The van der Waals surface area contributed by atoms with Crippen LogP contribution in [0, 0.1) is 0 Å². The van der Waals surface area contributed by atoms with E-state index in [1.807, 2.05) is 31.2 Å². The maximum Gasteiger partial charge on any atom is 0.310 e. The third kappa shape index (κ3) is 4.57. The number of rotatable bonds is 6. The zero-order valence-corrected chi connectivity index (χ0v) is 10.6. The highest BCUT2D eigenvalue weighted by Crippen LogP contribution is 2.10. The predicted molar refractivity (Wildman–Crippen MR) is 68.5 cm³/mol. The fourth-order valence-electron chi connectivity index (χ4n) is 1.82. The number of esters is 1. The van der Waals surface area contributed by atoms with Gasteiger partial charge in [-0.2, -0.15) is 0 Å². The van der Waals surface area contributed by atoms with Crippen LogP contribution in [0.1, 0.15) is 37.8 Å². The molecule has 0 heterocycles. The quantitative estimate of drug-likeness (QED) is 0.770. The van der Waals surface area contributed by atoms with E-state index >= 15 is 0 Å². The minimum Gasteiger partial charge on any atom is -0.462 e. The largest absolute Gasteiger partial charge is 0.462 e. The first-order valence-corrected chi connectivity index (χ1v) is 6.13. The molecule has 0 saturated carbocycles. The van der Waals surface area contributed by atoms with Crippen LogP contribution in [0.2, 0.25) is 0 Å². The first-order valence-electron chi connectivity index (χ1n) is 6.13. The van der Waals surface area contributed by atoms with Gasteiger partial charge in [0, 0.05) is 6.54 Å². The summed E-state index contributed by atoms with van der Waals surface area (Å²) in [4.78, 5) is 11.7. The minimum absolute atomic E-state index is 0.00228. The third-order valence-corrected chi connectivity index (χ3v) is 2.70. The number of nitrogens with two attached hydrogens (primary N) is 1. The molecule has 1 aromatic carbocycles. The molecule has 0 radical (unpaired) electrons. The van der Waals surface area contributed by atoms with Crippen molar-refractivity contribution < 1.29 is 9.53 Å². The Kier molecular flexibility index (Phi) is 5.70. The van der Waals surface area contributed by atoms with E-state index in [2.05, 4.69) is 6.92 Å². The number of ether oxygens (including phenoxy) is 1. The van der Waals surface area contributed by atoms with Crippen LogP contribution in [0.5, 0.6) is 0 Å². The monoisotopic (exact) mass is 235 g/mol.